The molecule has 0 aliphatic heterocycles. The minimum Gasteiger partial charge on any atom is -0.439 e. The van der Waals surface area contributed by atoms with Gasteiger partial charge in [0, 0.05) is 24.9 Å². The zero-order valence-electron chi connectivity index (χ0n) is 18.3. The summed E-state index contributed by atoms with van der Waals surface area (Å²) in [5.74, 6) is -0.892. The van der Waals surface area contributed by atoms with E-state index in [0.717, 1.165) is 17.0 Å². The maximum absolute atomic E-state index is 13.3. The van der Waals surface area contributed by atoms with Gasteiger partial charge in [0.15, 0.2) is 6.10 Å². The van der Waals surface area contributed by atoms with Crippen molar-refractivity contribution >= 4 is 29.2 Å². The van der Waals surface area contributed by atoms with Crippen molar-refractivity contribution in [3.63, 3.8) is 0 Å². The molecule has 6 nitrogen and oxygen atoms in total. The largest absolute Gasteiger partial charge is 0.461 e. The van der Waals surface area contributed by atoms with Gasteiger partial charge in [0.1, 0.15) is 11.5 Å². The van der Waals surface area contributed by atoms with E-state index in [0.29, 0.717) is 0 Å². The molecule has 2 aromatic carbocycles. The van der Waals surface area contributed by atoms with Gasteiger partial charge >= 0.3 is 18.7 Å². The Morgan fingerprint density at radius 1 is 0.946 bits per heavy atom. The van der Waals surface area contributed by atoms with Gasteiger partial charge in [-0.1, -0.05) is 35.3 Å². The molecule has 0 saturated carbocycles. The second kappa shape index (κ2) is 11.6. The Morgan fingerprint density at radius 2 is 1.68 bits per heavy atom. The van der Waals surface area contributed by atoms with E-state index in [1.165, 1.54) is 42.6 Å². The standard InChI is InChI=1S/C22H16Cl2F7N3O3/c23-15-5-4-13(9-16(15)24)36-18-6-7-32-20(33-18)34(11-17(35)21(27,28)29)10-12-2-1-3-14(8-12)37-22(30,31)19(25)26/h1-9,17,19,35H,10-11H2. The van der Waals surface area contributed by atoms with E-state index in [-0.39, 0.29) is 33.2 Å². The minimum absolute atomic E-state index is 0.0661. The van der Waals surface area contributed by atoms with E-state index < -0.39 is 43.7 Å². The number of rotatable bonds is 10. The summed E-state index contributed by atoms with van der Waals surface area (Å²) in [6.07, 6.45) is -15.6. The summed E-state index contributed by atoms with van der Waals surface area (Å²) in [7, 11) is 0. The summed E-state index contributed by atoms with van der Waals surface area (Å²) in [5, 5.41) is 10.1. The highest BCUT2D eigenvalue weighted by Crippen LogP contribution is 2.31. The topological polar surface area (TPSA) is 67.7 Å². The number of anilines is 1. The van der Waals surface area contributed by atoms with Gasteiger partial charge in [-0.3, -0.25) is 0 Å². The number of aliphatic hydroxyl groups excluding tert-OH is 1. The first-order valence-electron chi connectivity index (χ1n) is 10.1. The van der Waals surface area contributed by atoms with E-state index >= 15 is 0 Å². The lowest BCUT2D eigenvalue weighted by Crippen LogP contribution is -2.41. The van der Waals surface area contributed by atoms with Crippen molar-refractivity contribution in [1.82, 2.24) is 9.97 Å². The average molecular weight is 574 g/mol. The fraction of sp³-hybridized carbons (Fsp3) is 0.273. The Bertz CT molecular complexity index is 1220. The van der Waals surface area contributed by atoms with E-state index in [4.69, 9.17) is 27.9 Å². The van der Waals surface area contributed by atoms with Crippen LogP contribution in [-0.2, 0) is 6.54 Å². The molecule has 0 spiro atoms. The lowest BCUT2D eigenvalue weighted by molar-refractivity contribution is -0.253. The normalized spacial score (nSPS) is 12.9. The van der Waals surface area contributed by atoms with E-state index in [1.54, 1.807) is 0 Å². The number of hydrogen-bond acceptors (Lipinski definition) is 6. The molecular weight excluding hydrogens is 558 g/mol. The number of benzene rings is 2. The van der Waals surface area contributed by atoms with Crippen LogP contribution in [0.15, 0.2) is 54.7 Å². The van der Waals surface area contributed by atoms with Crippen molar-refractivity contribution in [2.24, 2.45) is 0 Å². The zero-order chi connectivity index (χ0) is 27.4. The molecule has 1 aromatic heterocycles. The predicted molar refractivity (Wildman–Crippen MR) is 120 cm³/mol. The predicted octanol–water partition coefficient (Wildman–Crippen LogP) is 6.74. The molecule has 1 N–H and O–H groups in total. The molecule has 3 rings (SSSR count). The Morgan fingerprint density at radius 3 is 2.32 bits per heavy atom. The van der Waals surface area contributed by atoms with Gasteiger partial charge in [-0.05, 0) is 29.8 Å². The van der Waals surface area contributed by atoms with Crippen LogP contribution in [0.5, 0.6) is 17.4 Å². The number of nitrogens with zero attached hydrogens (tertiary/aromatic N) is 3. The molecule has 200 valence electrons. The number of hydrogen-bond donors (Lipinski definition) is 1. The third-order valence-corrected chi connectivity index (χ3v) is 5.30. The van der Waals surface area contributed by atoms with Crippen molar-refractivity contribution in [3.8, 4) is 17.4 Å². The van der Waals surface area contributed by atoms with Gasteiger partial charge in [-0.2, -0.15) is 35.7 Å². The van der Waals surface area contributed by atoms with Crippen LogP contribution < -0.4 is 14.4 Å². The van der Waals surface area contributed by atoms with E-state index in [2.05, 4.69) is 14.7 Å². The van der Waals surface area contributed by atoms with Gasteiger partial charge in [0.2, 0.25) is 11.8 Å². The molecule has 1 heterocycles. The SMILES string of the molecule is OC(CN(Cc1cccc(OC(F)(F)C(F)F)c1)c1nccc(Oc2ccc(Cl)c(Cl)c2)n1)C(F)(F)F. The number of alkyl halides is 7. The zero-order valence-corrected chi connectivity index (χ0v) is 19.8. The monoisotopic (exact) mass is 573 g/mol. The van der Waals surface area contributed by atoms with Crippen LogP contribution in [-0.4, -0.2) is 46.4 Å². The Kier molecular flexibility index (Phi) is 8.92. The third kappa shape index (κ3) is 7.98. The first kappa shape index (κ1) is 28.5. The van der Waals surface area contributed by atoms with Crippen molar-refractivity contribution in [2.45, 2.75) is 31.4 Å². The lowest BCUT2D eigenvalue weighted by Gasteiger charge is -2.27. The molecule has 0 bridgehead atoms. The molecule has 0 saturated heterocycles. The molecule has 0 aliphatic rings. The van der Waals surface area contributed by atoms with Crippen LogP contribution >= 0.6 is 23.2 Å². The highest BCUT2D eigenvalue weighted by atomic mass is 35.5. The molecule has 0 amide bonds. The van der Waals surface area contributed by atoms with Crippen LogP contribution in [0, 0.1) is 0 Å². The van der Waals surface area contributed by atoms with Crippen molar-refractivity contribution in [2.75, 3.05) is 11.4 Å². The maximum atomic E-state index is 13.3. The summed E-state index contributed by atoms with van der Waals surface area (Å²) in [5.41, 5.74) is 0.0661. The second-order valence-electron chi connectivity index (χ2n) is 7.42. The summed E-state index contributed by atoms with van der Waals surface area (Å²) < 4.78 is 100. The minimum atomic E-state index is -5.00. The van der Waals surface area contributed by atoms with Gasteiger partial charge in [0.25, 0.3) is 0 Å². The smallest absolute Gasteiger partial charge is 0.439 e. The third-order valence-electron chi connectivity index (χ3n) is 4.56. The van der Waals surface area contributed by atoms with Crippen LogP contribution in [0.25, 0.3) is 0 Å². The molecule has 1 atom stereocenters. The fourth-order valence-corrected chi connectivity index (χ4v) is 3.15. The van der Waals surface area contributed by atoms with Gasteiger partial charge in [-0.25, -0.2) is 4.98 Å². The first-order valence-corrected chi connectivity index (χ1v) is 10.9. The van der Waals surface area contributed by atoms with E-state index in [9.17, 15) is 35.8 Å². The molecule has 37 heavy (non-hydrogen) atoms. The number of aromatic nitrogens is 2. The second-order valence-corrected chi connectivity index (χ2v) is 8.24. The van der Waals surface area contributed by atoms with Crippen molar-refractivity contribution in [3.05, 3.63) is 70.3 Å². The van der Waals surface area contributed by atoms with Gasteiger partial charge < -0.3 is 19.5 Å². The quantitative estimate of drug-likeness (QED) is 0.271. The lowest BCUT2D eigenvalue weighted by atomic mass is 10.2. The van der Waals surface area contributed by atoms with Gasteiger partial charge in [0.05, 0.1) is 16.6 Å². The Hall–Kier alpha value is -3.03. The van der Waals surface area contributed by atoms with Crippen LogP contribution in [0.3, 0.4) is 0 Å². The molecule has 0 fully saturated rings. The van der Waals surface area contributed by atoms with Crippen LogP contribution in [0.4, 0.5) is 36.7 Å². The maximum Gasteiger partial charge on any atom is 0.461 e. The Labute approximate surface area is 215 Å². The molecule has 15 heteroatoms. The fourth-order valence-electron chi connectivity index (χ4n) is 2.86. The summed E-state index contributed by atoms with van der Waals surface area (Å²) in [4.78, 5) is 8.85. The van der Waals surface area contributed by atoms with E-state index in [1.807, 2.05) is 0 Å². The summed E-state index contributed by atoms with van der Waals surface area (Å²) in [6, 6.07) is 9.96. The first-order chi connectivity index (χ1) is 17.2. The number of aliphatic hydroxyl groups is 1. The highest BCUT2D eigenvalue weighted by molar-refractivity contribution is 6.42. The molecule has 1 unspecified atom stereocenters. The van der Waals surface area contributed by atoms with Crippen LogP contribution in [0.2, 0.25) is 10.0 Å². The van der Waals surface area contributed by atoms with Crippen LogP contribution in [0.1, 0.15) is 5.56 Å². The molecular formula is C22H16Cl2F7N3O3. The Balaban J connectivity index is 1.89. The number of ether oxygens (including phenoxy) is 2. The molecule has 0 radical (unpaired) electrons. The molecule has 3 aromatic rings. The molecule has 0 aliphatic carbocycles. The summed E-state index contributed by atoms with van der Waals surface area (Å²) in [6.45, 7) is -1.52. The summed E-state index contributed by atoms with van der Waals surface area (Å²) >= 11 is 11.8. The number of halogens is 9. The average Bonchev–Trinajstić information content (AvgIpc) is 2.80. The van der Waals surface area contributed by atoms with Gasteiger partial charge in [-0.15, -0.1) is 0 Å². The van der Waals surface area contributed by atoms with Crippen molar-refractivity contribution < 1.29 is 45.3 Å². The highest BCUT2D eigenvalue weighted by Gasteiger charge is 2.44. The van der Waals surface area contributed by atoms with Crippen molar-refractivity contribution in [1.29, 1.82) is 0 Å².